The number of likely N-dealkylation sites (N-methyl/N-ethyl adjacent to an activating group) is 1. The summed E-state index contributed by atoms with van der Waals surface area (Å²) in [4.78, 5) is 91.0. The molecule has 0 radical (unpaired) electrons. The van der Waals surface area contributed by atoms with Gasteiger partial charge >= 0.3 is 5.97 Å². The normalized spacial score (nSPS) is 27.7. The Hall–Kier alpha value is -4.75. The first kappa shape index (κ1) is 30.7. The number of esters is 1. The van der Waals surface area contributed by atoms with Crippen LogP contribution < -0.4 is 11.1 Å². The zero-order valence-corrected chi connectivity index (χ0v) is 24.2. The van der Waals surface area contributed by atoms with E-state index in [1.165, 1.54) is 32.0 Å². The van der Waals surface area contributed by atoms with Gasteiger partial charge in [0.1, 0.15) is 5.75 Å². The minimum Gasteiger partial charge on any atom is -0.507 e. The summed E-state index contributed by atoms with van der Waals surface area (Å²) < 4.78 is 4.68. The number of benzene rings is 2. The molecule has 2 amide bonds. The highest BCUT2D eigenvalue weighted by Crippen LogP contribution is 2.51. The Labute approximate surface area is 251 Å². The van der Waals surface area contributed by atoms with Crippen LogP contribution in [-0.4, -0.2) is 88.4 Å². The molecule has 2 fully saturated rings. The monoisotopic (exact) mass is 605 g/mol. The number of aromatic hydroxyl groups is 1. The van der Waals surface area contributed by atoms with E-state index in [2.05, 4.69) is 10.1 Å². The summed E-state index contributed by atoms with van der Waals surface area (Å²) in [6.45, 7) is 0.738. The van der Waals surface area contributed by atoms with Crippen LogP contribution in [0.1, 0.15) is 29.3 Å². The van der Waals surface area contributed by atoms with Gasteiger partial charge in [-0.25, -0.2) is 0 Å². The maximum absolute atomic E-state index is 13.9. The number of ketones is 4. The second-order valence-corrected chi connectivity index (χ2v) is 11.7. The Bertz CT molecular complexity index is 1630. The summed E-state index contributed by atoms with van der Waals surface area (Å²) in [6.07, 6.45) is 0.0444. The summed E-state index contributed by atoms with van der Waals surface area (Å²) in [5.41, 5.74) is 4.51. The summed E-state index contributed by atoms with van der Waals surface area (Å²) in [5.74, 6) is -12.3. The Morgan fingerprint density at radius 3 is 2.30 bits per heavy atom. The van der Waals surface area contributed by atoms with Gasteiger partial charge in [0.2, 0.25) is 5.91 Å². The summed E-state index contributed by atoms with van der Waals surface area (Å²) in [5, 5.41) is 25.0. The average Bonchev–Trinajstić information content (AvgIpc) is 2.94. The molecular formula is C31H31N3O10. The number of hydrogen-bond acceptors (Lipinski definition) is 11. The summed E-state index contributed by atoms with van der Waals surface area (Å²) >= 11 is 0. The lowest BCUT2D eigenvalue weighted by Gasteiger charge is -2.52. The third kappa shape index (κ3) is 4.77. The predicted molar refractivity (Wildman–Crippen MR) is 152 cm³/mol. The van der Waals surface area contributed by atoms with Gasteiger partial charge in [-0.15, -0.1) is 0 Å². The van der Waals surface area contributed by atoms with E-state index in [4.69, 9.17) is 5.73 Å². The van der Waals surface area contributed by atoms with E-state index in [0.717, 1.165) is 0 Å². The maximum Gasteiger partial charge on any atom is 0.303 e. The van der Waals surface area contributed by atoms with Crippen LogP contribution in [0.2, 0.25) is 0 Å². The van der Waals surface area contributed by atoms with Crippen LogP contribution in [0.3, 0.4) is 0 Å². The zero-order valence-electron chi connectivity index (χ0n) is 24.2. The van der Waals surface area contributed by atoms with E-state index in [-0.39, 0.29) is 24.2 Å². The molecule has 2 aromatic carbocycles. The standard InChI is InChI=1S/C31H31N3O10/c1-13(35)44-12-21(37)33-16-6-4-14(5-7-16)17-8-9-20(36)23-18(17)10-15-11-19-25(34(2)3)27(39)24(30(32)42)29(41)31(19,43)28(40)22(15)26(23)38/h4-9,15,19,22,24-25,36,43H,10-12H2,1-3H3,(H2,32,42)(H,33,37)/t15-,19-,22?,24?,25-,31-/m1/s1. The highest BCUT2D eigenvalue weighted by Gasteiger charge is 2.69. The van der Waals surface area contributed by atoms with Crippen molar-refractivity contribution in [2.24, 2.45) is 29.4 Å². The van der Waals surface area contributed by atoms with Crippen molar-refractivity contribution < 1.29 is 48.5 Å². The molecule has 0 bridgehead atoms. The van der Waals surface area contributed by atoms with Gasteiger partial charge in [0.05, 0.1) is 17.5 Å². The van der Waals surface area contributed by atoms with Gasteiger partial charge in [-0.3, -0.25) is 38.5 Å². The molecule has 13 nitrogen and oxygen atoms in total. The molecule has 3 aliphatic rings. The number of aliphatic hydroxyl groups is 1. The number of amides is 2. The number of phenols is 1. The van der Waals surface area contributed by atoms with Gasteiger partial charge in [-0.1, -0.05) is 18.2 Å². The molecule has 0 heterocycles. The van der Waals surface area contributed by atoms with Crippen LogP contribution in [0.15, 0.2) is 36.4 Å². The molecule has 44 heavy (non-hydrogen) atoms. The van der Waals surface area contributed by atoms with E-state index >= 15 is 0 Å². The van der Waals surface area contributed by atoms with Crippen LogP contribution in [0, 0.1) is 23.7 Å². The fourth-order valence-electron chi connectivity index (χ4n) is 6.97. The van der Waals surface area contributed by atoms with Crippen molar-refractivity contribution in [3.8, 4) is 16.9 Å². The van der Waals surface area contributed by atoms with Gasteiger partial charge in [-0.2, -0.15) is 0 Å². The number of nitrogens with two attached hydrogens (primary N) is 1. The van der Waals surface area contributed by atoms with Crippen molar-refractivity contribution in [2.45, 2.75) is 31.4 Å². The Morgan fingerprint density at radius 1 is 1.05 bits per heavy atom. The number of Topliss-reactive ketones (excluding diaryl/α,β-unsaturated/α-hetero) is 4. The number of hydrogen-bond donors (Lipinski definition) is 4. The van der Waals surface area contributed by atoms with Gasteiger partial charge < -0.3 is 26.0 Å². The van der Waals surface area contributed by atoms with Crippen molar-refractivity contribution in [1.29, 1.82) is 0 Å². The Kier molecular flexibility index (Phi) is 7.72. The second kappa shape index (κ2) is 11.1. The quantitative estimate of drug-likeness (QED) is 0.255. The molecule has 5 N–H and O–H groups in total. The minimum absolute atomic E-state index is 0.0632. The number of nitrogens with zero attached hydrogens (tertiary/aromatic N) is 1. The van der Waals surface area contributed by atoms with E-state index in [9.17, 15) is 43.8 Å². The highest BCUT2D eigenvalue weighted by molar-refractivity contribution is 6.32. The number of nitrogens with one attached hydrogen (secondary N) is 1. The van der Waals surface area contributed by atoms with E-state index < -0.39 is 82.8 Å². The molecule has 0 aliphatic heterocycles. The lowest BCUT2D eigenvalue weighted by Crippen LogP contribution is -2.74. The van der Waals surface area contributed by atoms with Crippen molar-refractivity contribution in [3.63, 3.8) is 0 Å². The smallest absolute Gasteiger partial charge is 0.303 e. The molecule has 230 valence electrons. The van der Waals surface area contributed by atoms with Crippen LogP contribution in [0.5, 0.6) is 5.75 Å². The van der Waals surface area contributed by atoms with E-state index in [1.54, 1.807) is 30.3 Å². The molecule has 3 aliphatic carbocycles. The van der Waals surface area contributed by atoms with Gasteiger partial charge in [0.25, 0.3) is 5.91 Å². The van der Waals surface area contributed by atoms with E-state index in [1.807, 2.05) is 0 Å². The fourth-order valence-corrected chi connectivity index (χ4v) is 6.97. The third-order valence-electron chi connectivity index (χ3n) is 8.83. The van der Waals surface area contributed by atoms with Gasteiger partial charge in [0.15, 0.2) is 41.3 Å². The van der Waals surface area contributed by atoms with Gasteiger partial charge in [-0.05, 0) is 67.7 Å². The lowest BCUT2D eigenvalue weighted by atomic mass is 9.52. The zero-order chi connectivity index (χ0) is 32.2. The van der Waals surface area contributed by atoms with Crippen LogP contribution >= 0.6 is 0 Å². The average molecular weight is 606 g/mol. The first-order valence-electron chi connectivity index (χ1n) is 13.9. The number of primary amides is 1. The van der Waals surface area contributed by atoms with Crippen LogP contribution in [0.25, 0.3) is 11.1 Å². The molecule has 2 unspecified atom stereocenters. The number of carbonyl (C=O) groups excluding carboxylic acids is 7. The fraction of sp³-hybridized carbons (Fsp3) is 0.387. The SMILES string of the molecule is CC(=O)OCC(=O)Nc1ccc(-c2ccc(O)c3c2C[C@@H]2C[C@@H]4[C@@H](N(C)C)C(=O)C(C(N)=O)C(=O)[C@]4(O)C(=O)C2C3=O)cc1. The molecule has 0 spiro atoms. The van der Waals surface area contributed by atoms with Crippen molar-refractivity contribution in [3.05, 3.63) is 47.5 Å². The van der Waals surface area contributed by atoms with Gasteiger partial charge in [0, 0.05) is 18.5 Å². The number of anilines is 1. The number of phenolic OH excluding ortho intramolecular Hbond substituents is 1. The molecule has 2 aromatic rings. The first-order chi connectivity index (χ1) is 20.7. The minimum atomic E-state index is -2.79. The molecular weight excluding hydrogens is 574 g/mol. The van der Waals surface area contributed by atoms with E-state index in [0.29, 0.717) is 22.4 Å². The number of rotatable bonds is 6. The molecule has 5 rings (SSSR count). The molecule has 0 saturated heterocycles. The molecule has 2 saturated carbocycles. The first-order valence-corrected chi connectivity index (χ1v) is 13.9. The Morgan fingerprint density at radius 2 is 1.70 bits per heavy atom. The van der Waals surface area contributed by atoms with Crippen molar-refractivity contribution in [2.75, 3.05) is 26.0 Å². The largest absolute Gasteiger partial charge is 0.507 e. The summed E-state index contributed by atoms with van der Waals surface area (Å²) in [7, 11) is 3.04. The molecule has 6 atom stereocenters. The molecule has 13 heteroatoms. The number of carbonyl (C=O) groups is 7. The topological polar surface area (TPSA) is 210 Å². The molecule has 0 aromatic heterocycles. The maximum atomic E-state index is 13.9. The lowest BCUT2D eigenvalue weighted by molar-refractivity contribution is -0.181. The third-order valence-corrected chi connectivity index (χ3v) is 8.83. The van der Waals surface area contributed by atoms with Crippen molar-refractivity contribution in [1.82, 2.24) is 4.90 Å². The highest BCUT2D eigenvalue weighted by atomic mass is 16.5. The number of ether oxygens (including phenoxy) is 1. The Balaban J connectivity index is 1.52. The second-order valence-electron chi connectivity index (χ2n) is 11.7. The summed E-state index contributed by atoms with van der Waals surface area (Å²) in [6, 6.07) is 8.30. The number of fused-ring (bicyclic) bond motifs is 3. The predicted octanol–water partition coefficient (Wildman–Crippen LogP) is 0.0356. The van der Waals surface area contributed by atoms with Crippen LogP contribution in [-0.2, 0) is 39.9 Å². The van der Waals surface area contributed by atoms with Crippen molar-refractivity contribution >= 4 is 46.6 Å². The van der Waals surface area contributed by atoms with Crippen LogP contribution in [0.4, 0.5) is 5.69 Å².